The summed E-state index contributed by atoms with van der Waals surface area (Å²) < 4.78 is 0. The minimum absolute atomic E-state index is 0.0236. The number of carbonyl (C=O) groups excluding carboxylic acids is 9. The summed E-state index contributed by atoms with van der Waals surface area (Å²) >= 11 is 0. The van der Waals surface area contributed by atoms with Crippen molar-refractivity contribution in [2.45, 2.75) is 145 Å². The first-order chi connectivity index (χ1) is 31.4. The Hall–Kier alpha value is -5.95. The summed E-state index contributed by atoms with van der Waals surface area (Å²) in [6.45, 7) is 0.438. The van der Waals surface area contributed by atoms with Crippen LogP contribution in [0.15, 0.2) is 0 Å². The molecule has 0 aliphatic carbocycles. The number of carbonyl (C=O) groups is 11. The maximum atomic E-state index is 14.1. The molecule has 3 fully saturated rings. The lowest BCUT2D eigenvalue weighted by molar-refractivity contribution is -0.149. The fraction of sp³-hybridized carbons (Fsp3) is 0.732. The predicted octanol–water partition coefficient (Wildman–Crippen LogP) is -4.62. The van der Waals surface area contributed by atoms with E-state index >= 15 is 0 Å². The lowest BCUT2D eigenvalue weighted by atomic mass is 10.1. The van der Waals surface area contributed by atoms with Gasteiger partial charge in [0.15, 0.2) is 0 Å². The number of amides is 9. The summed E-state index contributed by atoms with van der Waals surface area (Å²) in [6, 6.07) is -10.3. The van der Waals surface area contributed by atoms with Crippen LogP contribution in [0.4, 0.5) is 0 Å². The van der Waals surface area contributed by atoms with Gasteiger partial charge in [0.2, 0.25) is 53.2 Å². The van der Waals surface area contributed by atoms with Gasteiger partial charge in [-0.15, -0.1) is 0 Å². The van der Waals surface area contributed by atoms with E-state index in [-0.39, 0.29) is 57.6 Å². The highest BCUT2D eigenvalue weighted by molar-refractivity contribution is 5.98. The van der Waals surface area contributed by atoms with E-state index in [1.807, 2.05) is 0 Å². The number of aliphatic hydroxyl groups is 2. The topological polar surface area (TPSA) is 377 Å². The largest absolute Gasteiger partial charge is 0.481 e. The Morgan fingerprint density at radius 1 is 0.561 bits per heavy atom. The molecular formula is C41H66N10O15. The van der Waals surface area contributed by atoms with E-state index in [1.54, 1.807) is 6.92 Å². The number of nitrogens with zero attached hydrogens (tertiary/aromatic N) is 3. The number of aliphatic hydroxyl groups excluding tert-OH is 2. The lowest BCUT2D eigenvalue weighted by Crippen LogP contribution is -2.61. The fourth-order valence-corrected chi connectivity index (χ4v) is 8.24. The van der Waals surface area contributed by atoms with Gasteiger partial charge in [0.1, 0.15) is 48.3 Å². The van der Waals surface area contributed by atoms with Crippen LogP contribution in [0.1, 0.15) is 96.8 Å². The van der Waals surface area contributed by atoms with Gasteiger partial charge >= 0.3 is 11.9 Å². The predicted molar refractivity (Wildman–Crippen MR) is 229 cm³/mol. The van der Waals surface area contributed by atoms with Crippen LogP contribution in [0.2, 0.25) is 0 Å². The summed E-state index contributed by atoms with van der Waals surface area (Å²) in [7, 11) is 1.27. The van der Waals surface area contributed by atoms with Crippen LogP contribution < -0.4 is 37.6 Å². The van der Waals surface area contributed by atoms with Crippen molar-refractivity contribution in [3.8, 4) is 0 Å². The number of nitrogens with two attached hydrogens (primary N) is 1. The monoisotopic (exact) mass is 938 g/mol. The molecule has 0 radical (unpaired) electrons. The number of likely N-dealkylation sites (tertiary alicyclic amines) is 3. The van der Waals surface area contributed by atoms with Crippen LogP contribution in [-0.2, 0) is 52.7 Å². The molecule has 0 bridgehead atoms. The molecule has 25 nitrogen and oxygen atoms in total. The van der Waals surface area contributed by atoms with Crippen molar-refractivity contribution in [3.05, 3.63) is 0 Å². The van der Waals surface area contributed by atoms with Crippen LogP contribution in [0, 0.1) is 0 Å². The second kappa shape index (κ2) is 26.9. The number of unbranched alkanes of at least 4 members (excludes halogenated alkanes) is 1. The van der Waals surface area contributed by atoms with Crippen molar-refractivity contribution in [2.24, 2.45) is 5.73 Å². The van der Waals surface area contributed by atoms with Crippen LogP contribution >= 0.6 is 0 Å². The third-order valence-corrected chi connectivity index (χ3v) is 11.8. The number of likely N-dealkylation sites (N-methyl/N-ethyl adjacent to an activating group) is 1. The van der Waals surface area contributed by atoms with Crippen molar-refractivity contribution < 1.29 is 73.2 Å². The molecule has 8 atom stereocenters. The highest BCUT2D eigenvalue weighted by atomic mass is 16.4. The Morgan fingerprint density at radius 2 is 1.02 bits per heavy atom. The molecule has 370 valence electrons. The Kier molecular flexibility index (Phi) is 22.1. The Labute approximate surface area is 381 Å². The van der Waals surface area contributed by atoms with Gasteiger partial charge < -0.3 is 72.8 Å². The number of carboxylic acid groups (broad SMARTS) is 2. The summed E-state index contributed by atoms with van der Waals surface area (Å²) in [5, 5.41) is 53.4. The van der Waals surface area contributed by atoms with Crippen molar-refractivity contribution in [1.29, 1.82) is 0 Å². The molecular weight excluding hydrogens is 873 g/mol. The highest BCUT2D eigenvalue weighted by Gasteiger charge is 2.45. The summed E-state index contributed by atoms with van der Waals surface area (Å²) in [5.41, 5.74) is 5.60. The van der Waals surface area contributed by atoms with Gasteiger partial charge in [0.05, 0.1) is 13.2 Å². The quantitative estimate of drug-likeness (QED) is 0.0364. The maximum absolute atomic E-state index is 14.1. The molecule has 0 unspecified atom stereocenters. The molecule has 3 saturated heterocycles. The van der Waals surface area contributed by atoms with Crippen molar-refractivity contribution in [2.75, 3.05) is 46.4 Å². The first kappa shape index (κ1) is 54.4. The fourth-order valence-electron chi connectivity index (χ4n) is 8.24. The normalized spacial score (nSPS) is 20.3. The van der Waals surface area contributed by atoms with Gasteiger partial charge in [-0.1, -0.05) is 6.92 Å². The van der Waals surface area contributed by atoms with Crippen molar-refractivity contribution >= 4 is 65.1 Å². The Balaban J connectivity index is 1.69. The zero-order valence-corrected chi connectivity index (χ0v) is 37.5. The van der Waals surface area contributed by atoms with E-state index in [0.717, 1.165) is 4.90 Å². The second-order valence-electron chi connectivity index (χ2n) is 16.4. The number of aliphatic carboxylic acids is 2. The van der Waals surface area contributed by atoms with E-state index < -0.39 is 140 Å². The number of carboxylic acids is 2. The third-order valence-electron chi connectivity index (χ3n) is 11.8. The van der Waals surface area contributed by atoms with Crippen molar-refractivity contribution in [1.82, 2.24) is 46.6 Å². The summed E-state index contributed by atoms with van der Waals surface area (Å²) in [6.07, 6.45) is 1.42. The van der Waals surface area contributed by atoms with Gasteiger partial charge in [-0.05, 0) is 77.2 Å². The number of rotatable bonds is 26. The molecule has 3 rings (SSSR count). The zero-order valence-electron chi connectivity index (χ0n) is 37.5. The summed E-state index contributed by atoms with van der Waals surface area (Å²) in [5.74, 6) is -9.20. The van der Waals surface area contributed by atoms with Gasteiger partial charge in [0, 0.05) is 45.9 Å². The summed E-state index contributed by atoms with van der Waals surface area (Å²) in [4.78, 5) is 146. The Bertz CT molecular complexity index is 1780. The number of hydrogen-bond acceptors (Lipinski definition) is 14. The van der Waals surface area contributed by atoms with Gasteiger partial charge in [-0.2, -0.15) is 0 Å². The highest BCUT2D eigenvalue weighted by Crippen LogP contribution is 2.26. The molecule has 0 aromatic heterocycles. The van der Waals surface area contributed by atoms with E-state index in [1.165, 1.54) is 16.8 Å². The smallest absolute Gasteiger partial charge is 0.303 e. The number of nitrogens with one attached hydrogen (secondary N) is 6. The molecule has 3 aliphatic heterocycles. The molecule has 66 heavy (non-hydrogen) atoms. The average molecular weight is 939 g/mol. The number of hydrogen-bond donors (Lipinski definition) is 11. The second-order valence-corrected chi connectivity index (χ2v) is 16.4. The molecule has 0 aromatic carbocycles. The molecule has 0 saturated carbocycles. The van der Waals surface area contributed by atoms with Gasteiger partial charge in [0.25, 0.3) is 0 Å². The zero-order chi connectivity index (χ0) is 49.1. The van der Waals surface area contributed by atoms with Gasteiger partial charge in [-0.3, -0.25) is 52.7 Å². The molecule has 25 heteroatoms. The van der Waals surface area contributed by atoms with Crippen LogP contribution in [0.5, 0.6) is 0 Å². The van der Waals surface area contributed by atoms with E-state index in [9.17, 15) is 68.1 Å². The minimum atomic E-state index is -1.64. The lowest BCUT2D eigenvalue weighted by Gasteiger charge is -2.33. The Morgan fingerprint density at radius 3 is 1.53 bits per heavy atom. The van der Waals surface area contributed by atoms with Gasteiger partial charge in [-0.25, -0.2) is 0 Å². The molecule has 3 heterocycles. The molecule has 0 spiro atoms. The van der Waals surface area contributed by atoms with E-state index in [0.29, 0.717) is 45.1 Å². The standard InChI is InChI=1S/C41H66N10O15/c1-3-31(54)44-25(9-4-5-17-42)39(64)49-18-6-10-28(49)38(63)47-26(21-52)36(61)48-27(22-53)40(65)51-20-8-12-30(51)41(66)50-19-7-11-29(50)37(62)46-24(14-16-33(57)58)35(60)45-23(34(59)43-2)13-15-32(55)56/h23-30,52-53H,3-22,42H2,1-2H3,(H,43,59)(H,44,54)(H,45,60)(H,46,62)(H,47,63)(H,48,61)(H,55,56)(H,57,58)/t23-,24-,25+,26-,27-,28+,29-,30-/m0/s1. The minimum Gasteiger partial charge on any atom is -0.481 e. The van der Waals surface area contributed by atoms with Crippen LogP contribution in [0.25, 0.3) is 0 Å². The van der Waals surface area contributed by atoms with Crippen LogP contribution in [-0.4, -0.2) is 195 Å². The molecule has 3 aliphatic rings. The van der Waals surface area contributed by atoms with E-state index in [2.05, 4.69) is 31.9 Å². The molecule has 12 N–H and O–H groups in total. The average Bonchev–Trinajstić information content (AvgIpc) is 4.11. The molecule has 0 aromatic rings. The third kappa shape index (κ3) is 15.3. The maximum Gasteiger partial charge on any atom is 0.303 e. The first-order valence-electron chi connectivity index (χ1n) is 22.4. The first-order valence-corrected chi connectivity index (χ1v) is 22.4. The molecule has 9 amide bonds. The SMILES string of the molecule is CCC(=O)N[C@H](CCCCN)C(=O)N1CCC[C@@H]1C(=O)N[C@@H](CO)C(=O)N[C@@H](CO)C(=O)N1CCC[C@H]1C(=O)N1CCC[C@H]1C(=O)N[C@@H](CCC(=O)O)C(=O)N[C@@H](CCC(=O)O)C(=O)NC. The van der Waals surface area contributed by atoms with Crippen LogP contribution in [0.3, 0.4) is 0 Å². The van der Waals surface area contributed by atoms with Crippen molar-refractivity contribution in [3.63, 3.8) is 0 Å². The van der Waals surface area contributed by atoms with E-state index in [4.69, 9.17) is 10.8 Å².